The molecule has 0 saturated carbocycles. The van der Waals surface area contributed by atoms with E-state index in [2.05, 4.69) is 5.32 Å². The van der Waals surface area contributed by atoms with Gasteiger partial charge in [0.2, 0.25) is 0 Å². The van der Waals surface area contributed by atoms with E-state index < -0.39 is 0 Å². The summed E-state index contributed by atoms with van der Waals surface area (Å²) in [7, 11) is 0. The summed E-state index contributed by atoms with van der Waals surface area (Å²) in [5.74, 6) is -0.0556. The van der Waals surface area contributed by atoms with Crippen molar-refractivity contribution in [3.05, 3.63) is 21.9 Å². The molecule has 1 amide bonds. The molecule has 0 atom stereocenters. The Morgan fingerprint density at radius 2 is 2.36 bits per heavy atom. The smallest absolute Gasteiger partial charge is 0.252 e. The average Bonchev–Trinajstić information content (AvgIpc) is 2.50. The van der Waals surface area contributed by atoms with Gasteiger partial charge >= 0.3 is 0 Å². The molecular formula is C9H12N2OS2. The number of carbonyl (C=O) groups is 1. The first-order chi connectivity index (χ1) is 6.61. The van der Waals surface area contributed by atoms with E-state index in [4.69, 9.17) is 18.0 Å². The van der Waals surface area contributed by atoms with Gasteiger partial charge in [0, 0.05) is 18.3 Å². The number of thiocarbonyl (C=S) groups is 1. The van der Waals surface area contributed by atoms with E-state index in [1.807, 2.05) is 17.7 Å². The van der Waals surface area contributed by atoms with Crippen molar-refractivity contribution in [3.63, 3.8) is 0 Å². The molecular weight excluding hydrogens is 216 g/mol. The Labute approximate surface area is 92.3 Å². The van der Waals surface area contributed by atoms with Gasteiger partial charge in [-0.05, 0) is 17.9 Å². The summed E-state index contributed by atoms with van der Waals surface area (Å²) in [5.41, 5.74) is 7.05. The van der Waals surface area contributed by atoms with E-state index in [1.165, 1.54) is 11.3 Å². The molecule has 0 aromatic carbocycles. The van der Waals surface area contributed by atoms with E-state index >= 15 is 0 Å². The number of amides is 1. The lowest BCUT2D eigenvalue weighted by Gasteiger charge is -2.03. The summed E-state index contributed by atoms with van der Waals surface area (Å²) in [6.07, 6.45) is 0.546. The number of hydrogen-bond acceptors (Lipinski definition) is 3. The molecule has 0 aliphatic heterocycles. The molecule has 0 unspecified atom stereocenters. The van der Waals surface area contributed by atoms with Crippen LogP contribution in [0.4, 0.5) is 0 Å². The van der Waals surface area contributed by atoms with Gasteiger partial charge in [-0.3, -0.25) is 4.79 Å². The fourth-order valence-corrected chi connectivity index (χ4v) is 1.92. The topological polar surface area (TPSA) is 55.1 Å². The number of aryl methyl sites for hydroxylation is 1. The summed E-state index contributed by atoms with van der Waals surface area (Å²) >= 11 is 6.22. The van der Waals surface area contributed by atoms with Crippen molar-refractivity contribution < 1.29 is 4.79 Å². The SMILES string of the molecule is Cc1cscc1C(=O)NCCC(N)=S. The number of thiophene rings is 1. The number of nitrogens with two attached hydrogens (primary N) is 1. The van der Waals surface area contributed by atoms with Crippen LogP contribution >= 0.6 is 23.6 Å². The summed E-state index contributed by atoms with van der Waals surface area (Å²) < 4.78 is 0. The van der Waals surface area contributed by atoms with Crippen LogP contribution in [0.15, 0.2) is 10.8 Å². The fourth-order valence-electron chi connectivity index (χ4n) is 0.988. The van der Waals surface area contributed by atoms with Crippen LogP contribution in [-0.2, 0) is 0 Å². The summed E-state index contributed by atoms with van der Waals surface area (Å²) in [6.45, 7) is 2.42. The Morgan fingerprint density at radius 1 is 1.64 bits per heavy atom. The van der Waals surface area contributed by atoms with Crippen molar-refractivity contribution in [3.8, 4) is 0 Å². The molecule has 0 bridgehead atoms. The molecule has 76 valence electrons. The largest absolute Gasteiger partial charge is 0.393 e. The third kappa shape index (κ3) is 3.08. The van der Waals surface area contributed by atoms with Gasteiger partial charge in [0.25, 0.3) is 5.91 Å². The number of nitrogens with one attached hydrogen (secondary N) is 1. The lowest BCUT2D eigenvalue weighted by Crippen LogP contribution is -2.27. The first-order valence-corrected chi connectivity index (χ1v) is 5.55. The van der Waals surface area contributed by atoms with Crippen molar-refractivity contribution >= 4 is 34.5 Å². The second-order valence-electron chi connectivity index (χ2n) is 2.94. The molecule has 0 saturated heterocycles. The first-order valence-electron chi connectivity index (χ1n) is 4.20. The summed E-state index contributed by atoms with van der Waals surface area (Å²) in [5, 5.41) is 6.54. The molecule has 0 fully saturated rings. The average molecular weight is 228 g/mol. The van der Waals surface area contributed by atoms with Crippen molar-refractivity contribution in [2.24, 2.45) is 5.73 Å². The highest BCUT2D eigenvalue weighted by molar-refractivity contribution is 7.80. The molecule has 0 spiro atoms. The monoisotopic (exact) mass is 228 g/mol. The Kier molecular flexibility index (Phi) is 4.03. The molecule has 14 heavy (non-hydrogen) atoms. The lowest BCUT2D eigenvalue weighted by atomic mass is 10.2. The maximum atomic E-state index is 11.5. The summed E-state index contributed by atoms with van der Waals surface area (Å²) in [6, 6.07) is 0. The lowest BCUT2D eigenvalue weighted by molar-refractivity contribution is 0.0954. The fraction of sp³-hybridized carbons (Fsp3) is 0.333. The van der Waals surface area contributed by atoms with Gasteiger partial charge in [0.05, 0.1) is 10.6 Å². The van der Waals surface area contributed by atoms with Crippen molar-refractivity contribution in [2.45, 2.75) is 13.3 Å². The van der Waals surface area contributed by atoms with Crippen LogP contribution in [-0.4, -0.2) is 17.4 Å². The molecule has 0 aliphatic rings. The maximum absolute atomic E-state index is 11.5. The van der Waals surface area contributed by atoms with Crippen LogP contribution in [0.3, 0.4) is 0 Å². The molecule has 5 heteroatoms. The zero-order valence-electron chi connectivity index (χ0n) is 7.87. The highest BCUT2D eigenvalue weighted by Crippen LogP contribution is 2.12. The van der Waals surface area contributed by atoms with Gasteiger partial charge in [-0.1, -0.05) is 12.2 Å². The Bertz CT molecular complexity index is 346. The maximum Gasteiger partial charge on any atom is 0.252 e. The number of rotatable bonds is 4. The molecule has 1 rings (SSSR count). The van der Waals surface area contributed by atoms with Gasteiger partial charge in [0.1, 0.15) is 0 Å². The molecule has 1 heterocycles. The van der Waals surface area contributed by atoms with Gasteiger partial charge in [-0.2, -0.15) is 11.3 Å². The highest BCUT2D eigenvalue weighted by Gasteiger charge is 2.08. The molecule has 3 N–H and O–H groups in total. The second-order valence-corrected chi connectivity index (χ2v) is 4.21. The Hall–Kier alpha value is -0.940. The zero-order valence-corrected chi connectivity index (χ0v) is 9.50. The Morgan fingerprint density at radius 3 is 2.86 bits per heavy atom. The molecule has 3 nitrogen and oxygen atoms in total. The van der Waals surface area contributed by atoms with E-state index in [1.54, 1.807) is 0 Å². The minimum atomic E-state index is -0.0556. The highest BCUT2D eigenvalue weighted by atomic mass is 32.1. The summed E-state index contributed by atoms with van der Waals surface area (Å²) in [4.78, 5) is 11.9. The third-order valence-corrected chi connectivity index (χ3v) is 2.82. The van der Waals surface area contributed by atoms with Crippen LogP contribution in [0, 0.1) is 6.92 Å². The molecule has 1 aromatic rings. The van der Waals surface area contributed by atoms with Crippen LogP contribution in [0.2, 0.25) is 0 Å². The predicted octanol–water partition coefficient (Wildman–Crippen LogP) is 1.46. The van der Waals surface area contributed by atoms with Gasteiger partial charge in [-0.25, -0.2) is 0 Å². The molecule has 1 aromatic heterocycles. The van der Waals surface area contributed by atoms with Crippen molar-refractivity contribution in [1.82, 2.24) is 5.32 Å². The minimum absolute atomic E-state index is 0.0556. The number of carbonyl (C=O) groups excluding carboxylic acids is 1. The van der Waals surface area contributed by atoms with Crippen LogP contribution in [0.5, 0.6) is 0 Å². The minimum Gasteiger partial charge on any atom is -0.393 e. The predicted molar refractivity (Wildman–Crippen MR) is 62.8 cm³/mol. The van der Waals surface area contributed by atoms with E-state index in [0.29, 0.717) is 18.0 Å². The standard InChI is InChI=1S/C9H12N2OS2/c1-6-4-14-5-7(6)9(12)11-3-2-8(10)13/h4-5H,2-3H2,1H3,(H2,10,13)(H,11,12). The second kappa shape index (κ2) is 5.07. The molecule has 0 radical (unpaired) electrons. The third-order valence-electron chi connectivity index (χ3n) is 1.76. The van der Waals surface area contributed by atoms with Crippen LogP contribution in [0.25, 0.3) is 0 Å². The van der Waals surface area contributed by atoms with Crippen LogP contribution < -0.4 is 11.1 Å². The quantitative estimate of drug-likeness (QED) is 0.767. The van der Waals surface area contributed by atoms with Crippen molar-refractivity contribution in [1.29, 1.82) is 0 Å². The van der Waals surface area contributed by atoms with Crippen LogP contribution in [0.1, 0.15) is 22.3 Å². The normalized spacial score (nSPS) is 9.79. The first kappa shape index (κ1) is 11.1. The van der Waals surface area contributed by atoms with Crippen molar-refractivity contribution in [2.75, 3.05) is 6.54 Å². The van der Waals surface area contributed by atoms with Gasteiger partial charge in [-0.15, -0.1) is 0 Å². The van der Waals surface area contributed by atoms with Gasteiger partial charge in [0.15, 0.2) is 0 Å². The van der Waals surface area contributed by atoms with E-state index in [-0.39, 0.29) is 5.91 Å². The molecule has 0 aliphatic carbocycles. The van der Waals surface area contributed by atoms with E-state index in [9.17, 15) is 4.79 Å². The Balaban J connectivity index is 2.44. The van der Waals surface area contributed by atoms with E-state index in [0.717, 1.165) is 11.1 Å². The van der Waals surface area contributed by atoms with Gasteiger partial charge < -0.3 is 11.1 Å². The zero-order chi connectivity index (χ0) is 10.6. The number of hydrogen-bond donors (Lipinski definition) is 2.